The summed E-state index contributed by atoms with van der Waals surface area (Å²) in [5, 5.41) is 0. The van der Waals surface area contributed by atoms with Gasteiger partial charge in [-0.15, -0.1) is 0 Å². The summed E-state index contributed by atoms with van der Waals surface area (Å²) < 4.78 is 8.95. The molecule has 1 heterocycles. The van der Waals surface area contributed by atoms with Crippen LogP contribution in [0.1, 0.15) is 101 Å². The predicted molar refractivity (Wildman–Crippen MR) is 122 cm³/mol. The number of aryl methyl sites for hydroxylation is 1. The summed E-state index contributed by atoms with van der Waals surface area (Å²) in [4.78, 5) is 0. The van der Waals surface area contributed by atoms with Gasteiger partial charge in [0, 0.05) is 51.8 Å². The van der Waals surface area contributed by atoms with Gasteiger partial charge in [0.25, 0.3) is 0 Å². The van der Waals surface area contributed by atoms with Crippen molar-refractivity contribution in [1.29, 1.82) is 0 Å². The van der Waals surface area contributed by atoms with Crippen molar-refractivity contribution in [3.63, 3.8) is 0 Å². The van der Waals surface area contributed by atoms with Gasteiger partial charge >= 0.3 is 127 Å². The minimum atomic E-state index is 0.768. The Bertz CT molecular complexity index is 609. The molecule has 3 aliphatic rings. The molecule has 4 rings (SSSR count). The van der Waals surface area contributed by atoms with E-state index in [1.165, 1.54) is 93.0 Å². The van der Waals surface area contributed by atoms with Crippen LogP contribution in [0.2, 0.25) is 0 Å². The summed E-state index contributed by atoms with van der Waals surface area (Å²) >= 11 is 7.25. The van der Waals surface area contributed by atoms with Gasteiger partial charge in [-0.3, -0.25) is 0 Å². The van der Waals surface area contributed by atoms with E-state index in [0.717, 1.165) is 18.1 Å². The second-order valence-corrected chi connectivity index (χ2v) is 13.2. The van der Waals surface area contributed by atoms with Crippen LogP contribution >= 0.6 is 45.7 Å². The van der Waals surface area contributed by atoms with Crippen LogP contribution in [0.15, 0.2) is 6.20 Å². The Labute approximate surface area is 198 Å². The molecule has 1 aromatic rings. The van der Waals surface area contributed by atoms with Crippen LogP contribution in [-0.4, -0.2) is 16.5 Å². The monoisotopic (exact) mass is 764 g/mol. The molecule has 152 valence electrons. The van der Waals surface area contributed by atoms with Crippen molar-refractivity contribution in [2.45, 2.75) is 109 Å². The Morgan fingerprint density at radius 1 is 0.846 bits per heavy atom. The zero-order valence-corrected chi connectivity index (χ0v) is 22.5. The van der Waals surface area contributed by atoms with E-state index in [-0.39, 0.29) is 0 Å². The maximum absolute atomic E-state index is 2.63. The smallest absolute Gasteiger partial charge is 0.0311 e. The number of imidazole rings is 1. The molecule has 0 aromatic carbocycles. The van der Waals surface area contributed by atoms with Crippen LogP contribution in [0.3, 0.4) is 0 Å². The topological polar surface area (TPSA) is 13.1 Å². The van der Waals surface area contributed by atoms with E-state index in [0.29, 0.717) is 0 Å². The van der Waals surface area contributed by atoms with Gasteiger partial charge in [0.15, 0.2) is 0 Å². The van der Waals surface area contributed by atoms with E-state index in [4.69, 9.17) is 0 Å². The predicted octanol–water partition coefficient (Wildman–Crippen LogP) is 7.23. The number of rotatable bonds is 3. The first kappa shape index (κ1) is 22.0. The van der Waals surface area contributed by atoms with E-state index in [9.17, 15) is 0 Å². The minimum Gasteiger partial charge on any atom is -0.185 e. The van der Waals surface area contributed by atoms with Crippen molar-refractivity contribution in [2.75, 3.05) is 0 Å². The van der Waals surface area contributed by atoms with E-state index < -0.39 is 0 Å². The first-order valence-electron chi connectivity index (χ1n) is 10.4. The summed E-state index contributed by atoms with van der Waals surface area (Å²) in [6.45, 7) is 2.30. The summed E-state index contributed by atoms with van der Waals surface area (Å²) in [6.07, 6.45) is 20.8. The molecule has 0 aliphatic heterocycles. The molecule has 0 saturated heterocycles. The maximum Gasteiger partial charge on any atom is 0.0311 e. The molecule has 3 fully saturated rings. The number of hydrogen-bond acceptors (Lipinski definition) is 1. The zero-order valence-electron chi connectivity index (χ0n) is 15.9. The number of hydrogen-bond donors (Lipinski definition) is 0. The SMILES string of the molecule is Cc1cn(C2CCCCC2)[c](=[Pt])n1C1CCCCC1.IN(I)C1CCC1. The molecule has 0 unspecified atom stereocenters. The van der Waals surface area contributed by atoms with Gasteiger partial charge in [0.1, 0.15) is 0 Å². The van der Waals surface area contributed by atoms with Gasteiger partial charge in [-0.1, -0.05) is 6.42 Å². The molecule has 3 nitrogen and oxygen atoms in total. The van der Waals surface area contributed by atoms with Crippen molar-refractivity contribution >= 4 is 45.7 Å². The Balaban J connectivity index is 0.000000236. The van der Waals surface area contributed by atoms with Crippen LogP contribution in [0.25, 0.3) is 0 Å². The standard InChI is InChI=1S/C16H26N2.C4H7I2N.Pt/c1-14-12-17(15-8-4-2-5-9-15)13-18(14)16-10-6-3-7-11-16;5-7(6)4-2-1-3-4;/h12,15-16H,2-11H2,1H3;4H,1-3H2;. The van der Waals surface area contributed by atoms with Crippen LogP contribution in [0, 0.1) is 10.7 Å². The molecule has 3 saturated carbocycles. The third kappa shape index (κ3) is 5.69. The first-order chi connectivity index (χ1) is 12.6. The molecule has 6 heteroatoms. The fourth-order valence-corrected chi connectivity index (χ4v) is 7.02. The Morgan fingerprint density at radius 2 is 1.38 bits per heavy atom. The summed E-state index contributed by atoms with van der Waals surface area (Å²) in [5.41, 5.74) is 1.47. The van der Waals surface area contributed by atoms with Gasteiger partial charge in [0.05, 0.1) is 0 Å². The zero-order chi connectivity index (χ0) is 18.5. The second kappa shape index (κ2) is 10.9. The molecule has 26 heavy (non-hydrogen) atoms. The van der Waals surface area contributed by atoms with E-state index >= 15 is 0 Å². The van der Waals surface area contributed by atoms with Gasteiger partial charge in [-0.25, -0.2) is 0 Å². The average Bonchev–Trinajstić information content (AvgIpc) is 2.89. The molecule has 0 N–H and O–H groups in total. The fraction of sp³-hybridized carbons (Fsp3) is 0.850. The Morgan fingerprint density at radius 3 is 1.81 bits per heavy atom. The molecule has 1 aromatic heterocycles. The second-order valence-electron chi connectivity index (χ2n) is 8.22. The fourth-order valence-electron chi connectivity index (χ4n) is 4.52. The van der Waals surface area contributed by atoms with Crippen molar-refractivity contribution in [3.8, 4) is 0 Å². The van der Waals surface area contributed by atoms with Gasteiger partial charge in [-0.05, 0) is 12.8 Å². The van der Waals surface area contributed by atoms with Gasteiger partial charge < -0.3 is 0 Å². The Hall–Kier alpha value is 1.32. The normalized spacial score (nSPS) is 22.8. The molecule has 0 radical (unpaired) electrons. The van der Waals surface area contributed by atoms with Gasteiger partial charge in [-0.2, -0.15) is 1.33 Å². The van der Waals surface area contributed by atoms with E-state index in [2.05, 4.69) is 88.7 Å². The molecular formula is C20H33I2N3Pt. The third-order valence-electron chi connectivity index (χ3n) is 6.35. The molecule has 0 spiro atoms. The largest absolute Gasteiger partial charge is 0.185 e. The van der Waals surface area contributed by atoms with E-state index in [1.54, 1.807) is 0 Å². The minimum absolute atomic E-state index is 0.768. The van der Waals surface area contributed by atoms with Crippen molar-refractivity contribution in [1.82, 2.24) is 10.5 Å². The molecule has 3 aliphatic carbocycles. The molecular weight excluding hydrogens is 731 g/mol. The van der Waals surface area contributed by atoms with Gasteiger partial charge in [0.2, 0.25) is 0 Å². The Kier molecular flexibility index (Phi) is 9.24. The quantitative estimate of drug-likeness (QED) is 0.234. The third-order valence-corrected chi connectivity index (χ3v) is 9.06. The van der Waals surface area contributed by atoms with E-state index in [1.807, 2.05) is 0 Å². The molecule has 0 amide bonds. The summed E-state index contributed by atoms with van der Waals surface area (Å²) in [6, 6.07) is 2.43. The van der Waals surface area contributed by atoms with Crippen LogP contribution in [-0.2, 0) is 19.4 Å². The summed E-state index contributed by atoms with van der Waals surface area (Å²) in [5.74, 6) is 0. The van der Waals surface area contributed by atoms with Crippen LogP contribution in [0.4, 0.5) is 0 Å². The van der Waals surface area contributed by atoms with Crippen LogP contribution in [0.5, 0.6) is 0 Å². The molecule has 0 bridgehead atoms. The summed E-state index contributed by atoms with van der Waals surface area (Å²) in [7, 11) is 0. The number of halogens is 2. The molecule has 0 atom stereocenters. The van der Waals surface area contributed by atoms with Crippen LogP contribution < -0.4 is 0 Å². The van der Waals surface area contributed by atoms with Crippen molar-refractivity contribution in [2.24, 2.45) is 0 Å². The number of aromatic nitrogens is 2. The maximum atomic E-state index is 2.63. The number of nitrogens with zero attached hydrogens (tertiary/aromatic N) is 3. The first-order valence-corrected chi connectivity index (χ1v) is 13.5. The average molecular weight is 764 g/mol. The van der Waals surface area contributed by atoms with Crippen molar-refractivity contribution < 1.29 is 19.4 Å². The van der Waals surface area contributed by atoms with Crippen molar-refractivity contribution in [3.05, 3.63) is 15.7 Å².